The maximum Gasteiger partial charge on any atom is 0.308 e. The number of hydrogen-bond donors (Lipinski definition) is 1. The van der Waals surface area contributed by atoms with Crippen molar-refractivity contribution in [1.29, 1.82) is 0 Å². The molecule has 2 heterocycles. The Hall–Kier alpha value is -2.48. The average molecular weight is 404 g/mol. The number of esters is 1. The van der Waals surface area contributed by atoms with Crippen molar-refractivity contribution >= 4 is 44.4 Å². The lowest BCUT2D eigenvalue weighted by atomic mass is 10.0. The third-order valence-corrected chi connectivity index (χ3v) is 4.50. The third kappa shape index (κ3) is 3.63. The Balaban J connectivity index is 1.79. The summed E-state index contributed by atoms with van der Waals surface area (Å²) in [7, 11) is 3.24. The molecule has 0 radical (unpaired) electrons. The van der Waals surface area contributed by atoms with E-state index in [0.717, 1.165) is 22.3 Å². The zero-order valence-corrected chi connectivity index (χ0v) is 15.7. The van der Waals surface area contributed by atoms with Gasteiger partial charge in [0, 0.05) is 12.7 Å². The van der Waals surface area contributed by atoms with Crippen molar-refractivity contribution in [2.45, 2.75) is 13.3 Å². The highest BCUT2D eigenvalue weighted by Crippen LogP contribution is 2.29. The molecule has 0 bridgehead atoms. The highest BCUT2D eigenvalue weighted by atomic mass is 79.9. The van der Waals surface area contributed by atoms with Crippen LogP contribution in [0.1, 0.15) is 12.5 Å². The maximum atomic E-state index is 11.5. The van der Waals surface area contributed by atoms with Crippen molar-refractivity contribution in [1.82, 2.24) is 19.7 Å². The molecule has 8 heteroatoms. The van der Waals surface area contributed by atoms with E-state index in [9.17, 15) is 4.79 Å². The van der Waals surface area contributed by atoms with E-state index in [1.54, 1.807) is 4.68 Å². The van der Waals surface area contributed by atoms with Gasteiger partial charge in [-0.2, -0.15) is 5.10 Å². The number of ether oxygens (including phenoxy) is 1. The van der Waals surface area contributed by atoms with Crippen molar-refractivity contribution in [3.8, 4) is 0 Å². The number of anilines is 2. The monoisotopic (exact) mass is 403 g/mol. The van der Waals surface area contributed by atoms with Gasteiger partial charge < -0.3 is 10.1 Å². The number of nitrogens with one attached hydrogen (secondary N) is 1. The second kappa shape index (κ2) is 7.18. The predicted molar refractivity (Wildman–Crippen MR) is 98.6 cm³/mol. The van der Waals surface area contributed by atoms with Gasteiger partial charge in [0.1, 0.15) is 16.7 Å². The van der Waals surface area contributed by atoms with Gasteiger partial charge in [-0.1, -0.05) is 19.1 Å². The number of carbonyl (C=O) groups excluding carboxylic acids is 1. The predicted octanol–water partition coefficient (Wildman–Crippen LogP) is 3.22. The molecule has 0 amide bonds. The first-order chi connectivity index (χ1) is 12.0. The molecule has 0 saturated carbocycles. The molecule has 25 heavy (non-hydrogen) atoms. The molecule has 0 spiro atoms. The van der Waals surface area contributed by atoms with Gasteiger partial charge in [-0.05, 0) is 40.0 Å². The molecule has 3 rings (SSSR count). The molecule has 130 valence electrons. The highest BCUT2D eigenvalue weighted by molar-refractivity contribution is 9.10. The number of benzene rings is 1. The molecule has 0 aliphatic rings. The van der Waals surface area contributed by atoms with Gasteiger partial charge in [0.25, 0.3) is 0 Å². The summed E-state index contributed by atoms with van der Waals surface area (Å²) in [5.74, 6) is 0.310. The van der Waals surface area contributed by atoms with E-state index >= 15 is 0 Å². The first-order valence-corrected chi connectivity index (χ1v) is 8.56. The van der Waals surface area contributed by atoms with Gasteiger partial charge in [-0.25, -0.2) is 14.6 Å². The number of carbonyl (C=O) groups is 1. The zero-order valence-electron chi connectivity index (χ0n) is 14.2. The largest absolute Gasteiger partial charge is 0.469 e. The average Bonchev–Trinajstić information content (AvgIpc) is 2.91. The minimum Gasteiger partial charge on any atom is -0.469 e. The lowest BCUT2D eigenvalue weighted by Crippen LogP contribution is -2.15. The van der Waals surface area contributed by atoms with Gasteiger partial charge in [-0.3, -0.25) is 4.79 Å². The normalized spacial score (nSPS) is 12.2. The van der Waals surface area contributed by atoms with Crippen LogP contribution in [0.15, 0.2) is 35.2 Å². The first-order valence-electron chi connectivity index (χ1n) is 7.76. The number of rotatable bonds is 5. The minimum atomic E-state index is -0.202. The number of hydrogen-bond acceptors (Lipinski definition) is 6. The molecule has 2 aromatic heterocycles. The third-order valence-electron chi connectivity index (χ3n) is 3.94. The number of nitrogens with zero attached hydrogens (tertiary/aromatic N) is 4. The topological polar surface area (TPSA) is 81.9 Å². The summed E-state index contributed by atoms with van der Waals surface area (Å²) in [6.45, 7) is 1.86. The molecule has 1 N–H and O–H groups in total. The minimum absolute atomic E-state index is 0.170. The second-order valence-corrected chi connectivity index (χ2v) is 6.54. The SMILES string of the molecule is COC(=O)C(C)Cc1ccc(Nc2ncnc3c2c(Br)nn3C)cc1. The van der Waals surface area contributed by atoms with Crippen molar-refractivity contribution in [3.63, 3.8) is 0 Å². The van der Waals surface area contributed by atoms with E-state index < -0.39 is 0 Å². The lowest BCUT2D eigenvalue weighted by Gasteiger charge is -2.10. The Morgan fingerprint density at radius 1 is 1.32 bits per heavy atom. The Bertz CT molecular complexity index is 907. The number of methoxy groups -OCH3 is 1. The van der Waals surface area contributed by atoms with Crippen LogP contribution in [0.5, 0.6) is 0 Å². The Labute approximate surface area is 153 Å². The fourth-order valence-corrected chi connectivity index (χ4v) is 3.24. The van der Waals surface area contributed by atoms with Crippen LogP contribution in [0.25, 0.3) is 11.0 Å². The van der Waals surface area contributed by atoms with E-state index in [1.165, 1.54) is 13.4 Å². The molecular weight excluding hydrogens is 386 g/mol. The molecule has 0 aliphatic heterocycles. The Morgan fingerprint density at radius 2 is 2.04 bits per heavy atom. The summed E-state index contributed by atoms with van der Waals surface area (Å²) in [6, 6.07) is 7.88. The van der Waals surface area contributed by atoms with Crippen LogP contribution >= 0.6 is 15.9 Å². The Morgan fingerprint density at radius 3 is 2.72 bits per heavy atom. The van der Waals surface area contributed by atoms with Crippen LogP contribution in [0.4, 0.5) is 11.5 Å². The fourth-order valence-electron chi connectivity index (χ4n) is 2.63. The molecule has 1 aromatic carbocycles. The van der Waals surface area contributed by atoms with E-state index in [-0.39, 0.29) is 11.9 Å². The van der Waals surface area contributed by atoms with Gasteiger partial charge in [0.2, 0.25) is 0 Å². The summed E-state index contributed by atoms with van der Waals surface area (Å²) in [5, 5.41) is 8.43. The molecule has 7 nitrogen and oxygen atoms in total. The van der Waals surface area contributed by atoms with Crippen molar-refractivity contribution in [2.75, 3.05) is 12.4 Å². The molecule has 1 unspecified atom stereocenters. The maximum absolute atomic E-state index is 11.5. The number of halogens is 1. The summed E-state index contributed by atoms with van der Waals surface area (Å²) < 4.78 is 7.15. The quantitative estimate of drug-likeness (QED) is 0.658. The number of aryl methyl sites for hydroxylation is 1. The number of fused-ring (bicyclic) bond motifs is 1. The zero-order chi connectivity index (χ0) is 18.0. The van der Waals surface area contributed by atoms with Crippen molar-refractivity contribution in [2.24, 2.45) is 13.0 Å². The second-order valence-electron chi connectivity index (χ2n) is 5.79. The summed E-state index contributed by atoms with van der Waals surface area (Å²) >= 11 is 3.45. The molecule has 3 aromatic rings. The molecule has 0 fully saturated rings. The smallest absolute Gasteiger partial charge is 0.308 e. The van der Waals surface area contributed by atoms with Gasteiger partial charge in [0.15, 0.2) is 5.65 Å². The summed E-state index contributed by atoms with van der Waals surface area (Å²) in [5.41, 5.74) is 2.71. The van der Waals surface area contributed by atoms with Gasteiger partial charge >= 0.3 is 5.97 Å². The van der Waals surface area contributed by atoms with Crippen LogP contribution < -0.4 is 5.32 Å². The van der Waals surface area contributed by atoms with Crippen molar-refractivity contribution in [3.05, 3.63) is 40.8 Å². The van der Waals surface area contributed by atoms with E-state index in [0.29, 0.717) is 16.8 Å². The van der Waals surface area contributed by atoms with E-state index in [2.05, 4.69) is 36.3 Å². The molecule has 0 saturated heterocycles. The summed E-state index contributed by atoms with van der Waals surface area (Å²) in [4.78, 5) is 20.1. The van der Waals surface area contributed by atoms with Crippen molar-refractivity contribution < 1.29 is 9.53 Å². The molecular formula is C17H18BrN5O2. The standard InChI is InChI=1S/C17H18BrN5O2/c1-10(17(24)25-3)8-11-4-6-12(7-5-11)21-15-13-14(18)22-23(2)16(13)20-9-19-15/h4-7,9-10H,8H2,1-3H3,(H,19,20,21). The van der Waals surface area contributed by atoms with E-state index in [4.69, 9.17) is 4.74 Å². The molecule has 1 atom stereocenters. The Kier molecular flexibility index (Phi) is 4.98. The molecule has 0 aliphatic carbocycles. The first kappa shape index (κ1) is 17.3. The van der Waals surface area contributed by atoms with Crippen LogP contribution in [0, 0.1) is 5.92 Å². The fraction of sp³-hybridized carbons (Fsp3) is 0.294. The van der Waals surface area contributed by atoms with Crippen LogP contribution in [0.3, 0.4) is 0 Å². The lowest BCUT2D eigenvalue weighted by molar-refractivity contribution is -0.144. The van der Waals surface area contributed by atoms with E-state index in [1.807, 2.05) is 38.2 Å². The van der Waals surface area contributed by atoms with Gasteiger partial charge in [0.05, 0.1) is 18.4 Å². The van der Waals surface area contributed by atoms with Crippen LogP contribution in [-0.4, -0.2) is 32.8 Å². The van der Waals surface area contributed by atoms with Gasteiger partial charge in [-0.15, -0.1) is 0 Å². The van der Waals surface area contributed by atoms with Crippen LogP contribution in [0.2, 0.25) is 0 Å². The highest BCUT2D eigenvalue weighted by Gasteiger charge is 2.15. The van der Waals surface area contributed by atoms with Crippen LogP contribution in [-0.2, 0) is 23.0 Å². The number of aromatic nitrogens is 4. The summed E-state index contributed by atoms with van der Waals surface area (Å²) in [6.07, 6.45) is 2.14.